The Bertz CT molecular complexity index is 524. The van der Waals surface area contributed by atoms with Crippen LogP contribution in [-0.2, 0) is 0 Å². The lowest BCUT2D eigenvalue weighted by Gasteiger charge is -2.36. The monoisotopic (exact) mass is 335 g/mol. The lowest BCUT2D eigenvalue weighted by molar-refractivity contribution is 0.0315. The van der Waals surface area contributed by atoms with Crippen LogP contribution in [0.15, 0.2) is 6.07 Å². The molecular weight excluding hydrogens is 321 g/mol. The SMILES string of the molecule is CC1CC(C2COc3c(cc(Cl)c(Cl)c3Cl)O2)CCN1. The Kier molecular flexibility index (Phi) is 4.23. The maximum Gasteiger partial charge on any atom is 0.181 e. The Labute approximate surface area is 133 Å². The van der Waals surface area contributed by atoms with Crippen LogP contribution in [0, 0.1) is 5.92 Å². The first kappa shape index (κ1) is 14.6. The molecule has 3 unspecified atom stereocenters. The van der Waals surface area contributed by atoms with E-state index in [9.17, 15) is 0 Å². The molecule has 3 atom stereocenters. The van der Waals surface area contributed by atoms with Crippen molar-refractivity contribution in [2.75, 3.05) is 13.2 Å². The zero-order valence-corrected chi connectivity index (χ0v) is 13.4. The average molecular weight is 337 g/mol. The molecule has 1 saturated heterocycles. The number of benzene rings is 1. The van der Waals surface area contributed by atoms with Gasteiger partial charge in [-0.1, -0.05) is 34.8 Å². The summed E-state index contributed by atoms with van der Waals surface area (Å²) in [5, 5.41) is 4.46. The summed E-state index contributed by atoms with van der Waals surface area (Å²) < 4.78 is 11.8. The standard InChI is InChI=1S/C14H16Cl3NO2/c1-7-4-8(2-3-18-7)11-6-19-14-10(20-11)5-9(15)12(16)13(14)17/h5,7-8,11,18H,2-4,6H2,1H3. The summed E-state index contributed by atoms with van der Waals surface area (Å²) in [6.07, 6.45) is 2.21. The minimum Gasteiger partial charge on any atom is -0.484 e. The van der Waals surface area contributed by atoms with E-state index >= 15 is 0 Å². The Morgan fingerprint density at radius 3 is 2.80 bits per heavy atom. The van der Waals surface area contributed by atoms with Gasteiger partial charge in [0.2, 0.25) is 0 Å². The molecule has 1 aromatic rings. The Balaban J connectivity index is 1.81. The van der Waals surface area contributed by atoms with E-state index in [2.05, 4.69) is 12.2 Å². The van der Waals surface area contributed by atoms with Crippen LogP contribution in [0.25, 0.3) is 0 Å². The van der Waals surface area contributed by atoms with E-state index in [-0.39, 0.29) is 6.10 Å². The van der Waals surface area contributed by atoms with Gasteiger partial charge in [-0.05, 0) is 26.3 Å². The smallest absolute Gasteiger partial charge is 0.181 e. The first-order valence-electron chi connectivity index (χ1n) is 6.76. The van der Waals surface area contributed by atoms with Gasteiger partial charge in [0, 0.05) is 18.0 Å². The van der Waals surface area contributed by atoms with Crippen molar-refractivity contribution in [1.29, 1.82) is 0 Å². The number of rotatable bonds is 1. The highest BCUT2D eigenvalue weighted by molar-refractivity contribution is 6.48. The molecule has 1 N–H and O–H groups in total. The Morgan fingerprint density at radius 2 is 2.05 bits per heavy atom. The lowest BCUT2D eigenvalue weighted by atomic mass is 9.88. The first-order chi connectivity index (χ1) is 9.56. The van der Waals surface area contributed by atoms with E-state index in [1.54, 1.807) is 6.07 Å². The predicted octanol–water partition coefficient (Wildman–Crippen LogP) is 4.17. The summed E-state index contributed by atoms with van der Waals surface area (Å²) >= 11 is 18.2. The van der Waals surface area contributed by atoms with Crippen molar-refractivity contribution in [3.63, 3.8) is 0 Å². The largest absolute Gasteiger partial charge is 0.484 e. The molecule has 0 aliphatic carbocycles. The highest BCUT2D eigenvalue weighted by Gasteiger charge is 2.33. The maximum absolute atomic E-state index is 6.14. The second kappa shape index (κ2) is 5.80. The normalized spacial score (nSPS) is 29.3. The summed E-state index contributed by atoms with van der Waals surface area (Å²) in [5.74, 6) is 1.57. The van der Waals surface area contributed by atoms with Gasteiger partial charge in [-0.2, -0.15) is 0 Å². The van der Waals surface area contributed by atoms with Crippen molar-refractivity contribution in [1.82, 2.24) is 5.32 Å². The molecule has 0 bridgehead atoms. The number of hydrogen-bond donors (Lipinski definition) is 1. The molecule has 0 amide bonds. The molecule has 2 aliphatic heterocycles. The van der Waals surface area contributed by atoms with Gasteiger partial charge in [0.1, 0.15) is 17.7 Å². The minimum atomic E-state index is 0.0420. The lowest BCUT2D eigenvalue weighted by Crippen LogP contribution is -2.45. The van der Waals surface area contributed by atoms with Crippen molar-refractivity contribution in [2.24, 2.45) is 5.92 Å². The zero-order valence-electron chi connectivity index (χ0n) is 11.1. The molecule has 0 saturated carbocycles. The topological polar surface area (TPSA) is 30.5 Å². The van der Waals surface area contributed by atoms with E-state index in [4.69, 9.17) is 44.3 Å². The minimum absolute atomic E-state index is 0.0420. The second-order valence-electron chi connectivity index (χ2n) is 5.42. The molecule has 0 aromatic heterocycles. The molecule has 20 heavy (non-hydrogen) atoms. The fourth-order valence-electron chi connectivity index (χ4n) is 2.88. The predicted molar refractivity (Wildman–Crippen MR) is 81.6 cm³/mol. The number of nitrogens with one attached hydrogen (secondary N) is 1. The number of piperidine rings is 1. The molecule has 6 heteroatoms. The van der Waals surface area contributed by atoms with Gasteiger partial charge in [-0.25, -0.2) is 0 Å². The highest BCUT2D eigenvalue weighted by atomic mass is 35.5. The Morgan fingerprint density at radius 1 is 1.25 bits per heavy atom. The van der Waals surface area contributed by atoms with Crippen molar-refractivity contribution in [2.45, 2.75) is 31.9 Å². The summed E-state index contributed by atoms with van der Waals surface area (Å²) in [4.78, 5) is 0. The molecule has 110 valence electrons. The molecule has 3 rings (SSSR count). The Hall–Kier alpha value is -0.350. The highest BCUT2D eigenvalue weighted by Crippen LogP contribution is 2.47. The van der Waals surface area contributed by atoms with Gasteiger partial charge in [-0.15, -0.1) is 0 Å². The van der Waals surface area contributed by atoms with Gasteiger partial charge in [0.25, 0.3) is 0 Å². The van der Waals surface area contributed by atoms with Gasteiger partial charge < -0.3 is 14.8 Å². The summed E-state index contributed by atoms with van der Waals surface area (Å²) in [6, 6.07) is 2.19. The van der Waals surface area contributed by atoms with E-state index in [1.807, 2.05) is 0 Å². The first-order valence-corrected chi connectivity index (χ1v) is 7.90. The van der Waals surface area contributed by atoms with Crippen LogP contribution in [0.2, 0.25) is 15.1 Å². The quantitative estimate of drug-likeness (QED) is 0.781. The van der Waals surface area contributed by atoms with Crippen molar-refractivity contribution < 1.29 is 9.47 Å². The fraction of sp³-hybridized carbons (Fsp3) is 0.571. The number of ether oxygens (including phenoxy) is 2. The van der Waals surface area contributed by atoms with Gasteiger partial charge in [0.05, 0.1) is 10.0 Å². The summed E-state index contributed by atoms with van der Waals surface area (Å²) in [7, 11) is 0. The molecule has 1 aromatic carbocycles. The molecule has 0 spiro atoms. The third-order valence-corrected chi connectivity index (χ3v) is 5.19. The van der Waals surface area contributed by atoms with Crippen LogP contribution in [0.5, 0.6) is 11.5 Å². The van der Waals surface area contributed by atoms with E-state index in [0.29, 0.717) is 45.1 Å². The van der Waals surface area contributed by atoms with Gasteiger partial charge in [0.15, 0.2) is 11.5 Å². The van der Waals surface area contributed by atoms with Crippen LogP contribution in [0.3, 0.4) is 0 Å². The third-order valence-electron chi connectivity index (χ3n) is 3.94. The van der Waals surface area contributed by atoms with E-state index < -0.39 is 0 Å². The van der Waals surface area contributed by atoms with Crippen molar-refractivity contribution >= 4 is 34.8 Å². The van der Waals surface area contributed by atoms with Crippen LogP contribution in [0.4, 0.5) is 0 Å². The van der Waals surface area contributed by atoms with Crippen LogP contribution >= 0.6 is 34.8 Å². The molecule has 3 nitrogen and oxygen atoms in total. The number of hydrogen-bond acceptors (Lipinski definition) is 3. The third kappa shape index (κ3) is 2.69. The van der Waals surface area contributed by atoms with Crippen LogP contribution < -0.4 is 14.8 Å². The summed E-state index contributed by atoms with van der Waals surface area (Å²) in [5.41, 5.74) is 0. The van der Waals surface area contributed by atoms with Gasteiger partial charge in [-0.3, -0.25) is 0 Å². The average Bonchev–Trinajstić information content (AvgIpc) is 2.44. The van der Waals surface area contributed by atoms with E-state index in [1.165, 1.54) is 0 Å². The van der Waals surface area contributed by atoms with Gasteiger partial charge >= 0.3 is 0 Å². The van der Waals surface area contributed by atoms with Crippen LogP contribution in [0.1, 0.15) is 19.8 Å². The molecule has 1 fully saturated rings. The fourth-order valence-corrected chi connectivity index (χ4v) is 3.51. The molecule has 2 aliphatic rings. The molecule has 2 heterocycles. The van der Waals surface area contributed by atoms with E-state index in [0.717, 1.165) is 19.4 Å². The number of halogens is 3. The molecule has 0 radical (unpaired) electrons. The molecular formula is C14H16Cl3NO2. The van der Waals surface area contributed by atoms with Crippen molar-refractivity contribution in [3.05, 3.63) is 21.1 Å². The maximum atomic E-state index is 6.14. The number of fused-ring (bicyclic) bond motifs is 1. The van der Waals surface area contributed by atoms with Crippen LogP contribution in [-0.4, -0.2) is 25.3 Å². The van der Waals surface area contributed by atoms with Crippen molar-refractivity contribution in [3.8, 4) is 11.5 Å². The summed E-state index contributed by atoms with van der Waals surface area (Å²) in [6.45, 7) is 3.71. The second-order valence-corrected chi connectivity index (χ2v) is 6.58. The zero-order chi connectivity index (χ0) is 14.3.